The number of carbonyl (C=O) groups excluding carboxylic acids is 1. The van der Waals surface area contributed by atoms with Gasteiger partial charge in [-0.2, -0.15) is 0 Å². The molecule has 0 unspecified atom stereocenters. The van der Waals surface area contributed by atoms with Crippen molar-refractivity contribution in [3.63, 3.8) is 0 Å². The molecule has 0 aromatic carbocycles. The summed E-state index contributed by atoms with van der Waals surface area (Å²) in [6.45, 7) is 11.3. The van der Waals surface area contributed by atoms with E-state index in [4.69, 9.17) is 15.2 Å². The lowest BCUT2D eigenvalue weighted by molar-refractivity contribution is -0.119. The summed E-state index contributed by atoms with van der Waals surface area (Å²) in [7, 11) is 0. The number of amides is 1. The zero-order valence-corrected chi connectivity index (χ0v) is 12.3. The Hall–Kier alpha value is -0.650. The molecule has 1 amide bonds. The van der Waals surface area contributed by atoms with Crippen molar-refractivity contribution in [1.29, 1.82) is 0 Å². The SMILES string of the molecule is CC.CC(C)CCOCCOCCNC(=O)CN. The Labute approximate surface area is 111 Å². The van der Waals surface area contributed by atoms with Crippen LogP contribution in [0.15, 0.2) is 0 Å². The Bertz CT molecular complexity index is 176. The maximum atomic E-state index is 10.7. The van der Waals surface area contributed by atoms with Gasteiger partial charge in [0.15, 0.2) is 0 Å². The highest BCUT2D eigenvalue weighted by molar-refractivity contribution is 5.77. The van der Waals surface area contributed by atoms with Crippen LogP contribution in [-0.2, 0) is 14.3 Å². The molecule has 0 heterocycles. The molecule has 5 heteroatoms. The zero-order chi connectivity index (χ0) is 14.2. The standard InChI is InChI=1S/C11H24N2O3.C2H6/c1-10(2)3-5-15-7-8-16-6-4-13-11(14)9-12;1-2/h10H,3-9,12H2,1-2H3,(H,13,14);1-2H3. The first-order chi connectivity index (χ1) is 8.66. The van der Waals surface area contributed by atoms with E-state index in [0.29, 0.717) is 32.3 Å². The van der Waals surface area contributed by atoms with Crippen LogP contribution in [0.3, 0.4) is 0 Å². The fraction of sp³-hybridized carbons (Fsp3) is 0.923. The van der Waals surface area contributed by atoms with Crippen LogP contribution in [0.2, 0.25) is 0 Å². The van der Waals surface area contributed by atoms with E-state index in [9.17, 15) is 4.79 Å². The second-order valence-corrected chi connectivity index (χ2v) is 3.96. The van der Waals surface area contributed by atoms with Crippen LogP contribution in [0.25, 0.3) is 0 Å². The molecule has 0 aliphatic rings. The van der Waals surface area contributed by atoms with Crippen LogP contribution >= 0.6 is 0 Å². The minimum Gasteiger partial charge on any atom is -0.379 e. The topological polar surface area (TPSA) is 73.6 Å². The van der Waals surface area contributed by atoms with Gasteiger partial charge in [-0.25, -0.2) is 0 Å². The summed E-state index contributed by atoms with van der Waals surface area (Å²) in [5.41, 5.74) is 5.12. The van der Waals surface area contributed by atoms with Gasteiger partial charge in [-0.1, -0.05) is 27.7 Å². The van der Waals surface area contributed by atoms with E-state index in [0.717, 1.165) is 13.0 Å². The van der Waals surface area contributed by atoms with Gasteiger partial charge in [0, 0.05) is 13.2 Å². The quantitative estimate of drug-likeness (QED) is 0.580. The number of carbonyl (C=O) groups is 1. The number of ether oxygens (including phenoxy) is 2. The highest BCUT2D eigenvalue weighted by atomic mass is 16.5. The fourth-order valence-electron chi connectivity index (χ4n) is 0.976. The lowest BCUT2D eigenvalue weighted by Gasteiger charge is -2.07. The molecule has 0 rings (SSSR count). The second kappa shape index (κ2) is 16.4. The molecule has 0 aromatic rings. The van der Waals surface area contributed by atoms with Crippen LogP contribution in [0.4, 0.5) is 0 Å². The van der Waals surface area contributed by atoms with Crippen molar-refractivity contribution in [3.05, 3.63) is 0 Å². The summed E-state index contributed by atoms with van der Waals surface area (Å²) in [6, 6.07) is 0. The van der Waals surface area contributed by atoms with Crippen molar-refractivity contribution < 1.29 is 14.3 Å². The minimum atomic E-state index is -0.156. The van der Waals surface area contributed by atoms with Gasteiger partial charge in [-0.3, -0.25) is 4.79 Å². The maximum absolute atomic E-state index is 10.7. The van der Waals surface area contributed by atoms with E-state index >= 15 is 0 Å². The molecule has 18 heavy (non-hydrogen) atoms. The average Bonchev–Trinajstić information content (AvgIpc) is 2.38. The molecule has 0 atom stereocenters. The van der Waals surface area contributed by atoms with Crippen molar-refractivity contribution in [3.8, 4) is 0 Å². The van der Waals surface area contributed by atoms with Crippen molar-refractivity contribution in [2.45, 2.75) is 34.1 Å². The molecule has 0 spiro atoms. The molecule has 110 valence electrons. The number of nitrogens with two attached hydrogens (primary N) is 1. The van der Waals surface area contributed by atoms with E-state index in [-0.39, 0.29) is 12.5 Å². The first-order valence-electron chi connectivity index (χ1n) is 6.79. The molecule has 0 aliphatic carbocycles. The molecule has 0 aliphatic heterocycles. The Morgan fingerprint density at radius 1 is 1.11 bits per heavy atom. The summed E-state index contributed by atoms with van der Waals surface area (Å²) in [5, 5.41) is 2.62. The third-order valence-corrected chi connectivity index (χ3v) is 1.97. The second-order valence-electron chi connectivity index (χ2n) is 3.96. The fourth-order valence-corrected chi connectivity index (χ4v) is 0.976. The monoisotopic (exact) mass is 262 g/mol. The third-order valence-electron chi connectivity index (χ3n) is 1.97. The van der Waals surface area contributed by atoms with Crippen LogP contribution in [0, 0.1) is 5.92 Å². The summed E-state index contributed by atoms with van der Waals surface area (Å²) in [4.78, 5) is 10.7. The van der Waals surface area contributed by atoms with Gasteiger partial charge in [0.25, 0.3) is 0 Å². The molecule has 0 saturated carbocycles. The Morgan fingerprint density at radius 2 is 1.67 bits per heavy atom. The number of rotatable bonds is 10. The van der Waals surface area contributed by atoms with Gasteiger partial charge in [0.05, 0.1) is 26.4 Å². The summed E-state index contributed by atoms with van der Waals surface area (Å²) >= 11 is 0. The lowest BCUT2D eigenvalue weighted by Crippen LogP contribution is -2.32. The summed E-state index contributed by atoms with van der Waals surface area (Å²) in [5.74, 6) is 0.518. The third kappa shape index (κ3) is 17.7. The average molecular weight is 262 g/mol. The maximum Gasteiger partial charge on any atom is 0.233 e. The molecular weight excluding hydrogens is 232 g/mol. The van der Waals surface area contributed by atoms with Gasteiger partial charge in [0.1, 0.15) is 0 Å². The predicted octanol–water partition coefficient (Wildman–Crippen LogP) is 1.17. The van der Waals surface area contributed by atoms with E-state index in [1.165, 1.54) is 0 Å². The van der Waals surface area contributed by atoms with Crippen LogP contribution < -0.4 is 11.1 Å². The van der Waals surface area contributed by atoms with Gasteiger partial charge in [-0.15, -0.1) is 0 Å². The molecule has 5 nitrogen and oxygen atoms in total. The minimum absolute atomic E-state index is 0.0261. The van der Waals surface area contributed by atoms with Crippen molar-refractivity contribution in [2.75, 3.05) is 39.5 Å². The first-order valence-corrected chi connectivity index (χ1v) is 6.79. The Kier molecular flexibility index (Phi) is 17.9. The van der Waals surface area contributed by atoms with Crippen molar-refractivity contribution >= 4 is 5.91 Å². The highest BCUT2D eigenvalue weighted by Crippen LogP contribution is 1.98. The lowest BCUT2D eigenvalue weighted by atomic mass is 10.1. The van der Waals surface area contributed by atoms with Gasteiger partial charge in [0.2, 0.25) is 5.91 Å². The molecule has 0 saturated heterocycles. The number of hydrogen-bond acceptors (Lipinski definition) is 4. The smallest absolute Gasteiger partial charge is 0.233 e. The van der Waals surface area contributed by atoms with Crippen LogP contribution in [0.5, 0.6) is 0 Å². The van der Waals surface area contributed by atoms with Gasteiger partial charge >= 0.3 is 0 Å². The Balaban J connectivity index is 0. The number of hydrogen-bond donors (Lipinski definition) is 2. The van der Waals surface area contributed by atoms with Gasteiger partial charge < -0.3 is 20.5 Å². The van der Waals surface area contributed by atoms with Crippen LogP contribution in [0.1, 0.15) is 34.1 Å². The molecule has 0 radical (unpaired) electrons. The molecule has 0 aromatic heterocycles. The predicted molar refractivity (Wildman–Crippen MR) is 74.5 cm³/mol. The first kappa shape index (κ1) is 19.7. The number of nitrogens with one attached hydrogen (secondary N) is 1. The normalized spacial score (nSPS) is 9.89. The molecule has 3 N–H and O–H groups in total. The zero-order valence-electron chi connectivity index (χ0n) is 12.3. The van der Waals surface area contributed by atoms with Gasteiger partial charge in [-0.05, 0) is 12.3 Å². The molecular formula is C13H30N2O3. The van der Waals surface area contributed by atoms with Crippen molar-refractivity contribution in [1.82, 2.24) is 5.32 Å². The van der Waals surface area contributed by atoms with Crippen molar-refractivity contribution in [2.24, 2.45) is 11.7 Å². The van der Waals surface area contributed by atoms with Crippen LogP contribution in [-0.4, -0.2) is 45.4 Å². The highest BCUT2D eigenvalue weighted by Gasteiger charge is 1.96. The van der Waals surface area contributed by atoms with E-state index < -0.39 is 0 Å². The molecule has 0 bridgehead atoms. The van der Waals surface area contributed by atoms with E-state index in [2.05, 4.69) is 19.2 Å². The van der Waals surface area contributed by atoms with E-state index in [1.807, 2.05) is 13.8 Å². The van der Waals surface area contributed by atoms with E-state index in [1.54, 1.807) is 0 Å². The summed E-state index contributed by atoms with van der Waals surface area (Å²) < 4.78 is 10.6. The summed E-state index contributed by atoms with van der Waals surface area (Å²) in [6.07, 6.45) is 1.08. The largest absolute Gasteiger partial charge is 0.379 e. The Morgan fingerprint density at radius 3 is 2.17 bits per heavy atom. The molecule has 0 fully saturated rings.